The van der Waals surface area contributed by atoms with Gasteiger partial charge in [0.2, 0.25) is 5.95 Å². The fraction of sp³-hybridized carbons (Fsp3) is 0.611. The minimum atomic E-state index is -2.96. The standard InChI is InChI=1S/C18H26N4O3S/c1-22(16-8-10-26(24,25)13-16)18-20-11-15(12-21-18)17(23)19-9-7-14-5-3-2-4-6-14/h5,11-12,16H,2-4,6-10,13H2,1H3,(H,19,23). The molecule has 0 radical (unpaired) electrons. The molecule has 1 unspecified atom stereocenters. The maximum Gasteiger partial charge on any atom is 0.254 e. The van der Waals surface area contributed by atoms with Crippen LogP contribution in [-0.2, 0) is 9.84 Å². The van der Waals surface area contributed by atoms with Crippen LogP contribution >= 0.6 is 0 Å². The van der Waals surface area contributed by atoms with Gasteiger partial charge < -0.3 is 10.2 Å². The average Bonchev–Trinajstić information content (AvgIpc) is 3.02. The van der Waals surface area contributed by atoms with Gasteiger partial charge >= 0.3 is 0 Å². The van der Waals surface area contributed by atoms with E-state index in [1.54, 1.807) is 11.9 Å². The number of hydrogen-bond acceptors (Lipinski definition) is 6. The molecule has 2 aliphatic rings. The van der Waals surface area contributed by atoms with Gasteiger partial charge in [0.25, 0.3) is 5.91 Å². The lowest BCUT2D eigenvalue weighted by Gasteiger charge is -2.23. The highest BCUT2D eigenvalue weighted by Crippen LogP contribution is 2.20. The lowest BCUT2D eigenvalue weighted by atomic mass is 9.97. The lowest BCUT2D eigenvalue weighted by Crippen LogP contribution is -2.34. The largest absolute Gasteiger partial charge is 0.352 e. The molecule has 1 saturated heterocycles. The summed E-state index contributed by atoms with van der Waals surface area (Å²) in [5, 5.41) is 2.91. The number of sulfone groups is 1. The molecule has 1 aliphatic heterocycles. The van der Waals surface area contributed by atoms with Crippen molar-refractivity contribution in [2.45, 2.75) is 44.6 Å². The van der Waals surface area contributed by atoms with Gasteiger partial charge in [0, 0.05) is 32.0 Å². The van der Waals surface area contributed by atoms with E-state index in [4.69, 9.17) is 0 Å². The van der Waals surface area contributed by atoms with Crippen molar-refractivity contribution in [2.75, 3.05) is 30.0 Å². The second-order valence-electron chi connectivity index (χ2n) is 7.05. The number of nitrogens with one attached hydrogen (secondary N) is 1. The van der Waals surface area contributed by atoms with Crippen LogP contribution in [0.25, 0.3) is 0 Å². The maximum atomic E-state index is 12.2. The van der Waals surface area contributed by atoms with E-state index >= 15 is 0 Å². The molecule has 0 saturated carbocycles. The summed E-state index contributed by atoms with van der Waals surface area (Å²) in [6.45, 7) is 0.617. The number of rotatable bonds is 6. The molecule has 1 fully saturated rings. The number of nitrogens with zero attached hydrogens (tertiary/aromatic N) is 3. The van der Waals surface area contributed by atoms with Gasteiger partial charge in [-0.3, -0.25) is 4.79 Å². The Bertz CT molecular complexity index is 774. The van der Waals surface area contributed by atoms with Gasteiger partial charge in [-0.25, -0.2) is 18.4 Å². The first-order valence-electron chi connectivity index (χ1n) is 9.16. The third kappa shape index (κ3) is 4.81. The zero-order chi connectivity index (χ0) is 18.6. The minimum absolute atomic E-state index is 0.108. The maximum absolute atomic E-state index is 12.2. The van der Waals surface area contributed by atoms with E-state index < -0.39 is 9.84 Å². The fourth-order valence-electron chi connectivity index (χ4n) is 3.44. The van der Waals surface area contributed by atoms with Crippen molar-refractivity contribution in [1.29, 1.82) is 0 Å². The second-order valence-corrected chi connectivity index (χ2v) is 9.28. The van der Waals surface area contributed by atoms with E-state index in [0.717, 1.165) is 19.3 Å². The number of amides is 1. The Hall–Kier alpha value is -1.96. The van der Waals surface area contributed by atoms with Crippen LogP contribution in [0.4, 0.5) is 5.95 Å². The van der Waals surface area contributed by atoms with Gasteiger partial charge in [-0.2, -0.15) is 0 Å². The predicted octanol–water partition coefficient (Wildman–Crippen LogP) is 1.72. The van der Waals surface area contributed by atoms with E-state index in [1.807, 2.05) is 0 Å². The van der Waals surface area contributed by atoms with Crippen LogP contribution < -0.4 is 10.2 Å². The van der Waals surface area contributed by atoms with Crippen LogP contribution in [0, 0.1) is 0 Å². The summed E-state index contributed by atoms with van der Waals surface area (Å²) >= 11 is 0. The molecule has 1 amide bonds. The Morgan fingerprint density at radius 2 is 2.08 bits per heavy atom. The first-order chi connectivity index (χ1) is 12.4. The van der Waals surface area contributed by atoms with Crippen molar-refractivity contribution in [3.05, 3.63) is 29.6 Å². The molecule has 3 rings (SSSR count). The fourth-order valence-corrected chi connectivity index (χ4v) is 5.21. The molecule has 1 aromatic rings. The zero-order valence-corrected chi connectivity index (χ0v) is 16.0. The highest BCUT2D eigenvalue weighted by Gasteiger charge is 2.31. The van der Waals surface area contributed by atoms with Crippen LogP contribution in [-0.4, -0.2) is 55.4 Å². The summed E-state index contributed by atoms with van der Waals surface area (Å²) in [6, 6.07) is -0.108. The SMILES string of the molecule is CN(c1ncc(C(=O)NCCC2=CCCCC2)cn1)C1CCS(=O)(=O)C1. The van der Waals surface area contributed by atoms with Gasteiger partial charge in [0.15, 0.2) is 9.84 Å². The van der Waals surface area contributed by atoms with E-state index in [9.17, 15) is 13.2 Å². The molecule has 7 nitrogen and oxygen atoms in total. The van der Waals surface area contributed by atoms with Gasteiger partial charge in [-0.15, -0.1) is 0 Å². The number of anilines is 1. The summed E-state index contributed by atoms with van der Waals surface area (Å²) in [6.07, 6.45) is 11.5. The smallest absolute Gasteiger partial charge is 0.254 e. The van der Waals surface area contributed by atoms with E-state index in [0.29, 0.717) is 24.5 Å². The van der Waals surface area contributed by atoms with Crippen molar-refractivity contribution in [1.82, 2.24) is 15.3 Å². The summed E-state index contributed by atoms with van der Waals surface area (Å²) < 4.78 is 23.2. The van der Waals surface area contributed by atoms with Crippen molar-refractivity contribution in [2.24, 2.45) is 0 Å². The molecule has 0 spiro atoms. The highest BCUT2D eigenvalue weighted by molar-refractivity contribution is 7.91. The summed E-state index contributed by atoms with van der Waals surface area (Å²) in [4.78, 5) is 22.5. The molecule has 142 valence electrons. The summed E-state index contributed by atoms with van der Waals surface area (Å²) in [5.41, 5.74) is 1.84. The third-order valence-corrected chi connectivity index (χ3v) is 6.84. The first kappa shape index (κ1) is 18.8. The summed E-state index contributed by atoms with van der Waals surface area (Å²) in [5.74, 6) is 0.597. The Balaban J connectivity index is 1.51. The van der Waals surface area contributed by atoms with Crippen molar-refractivity contribution >= 4 is 21.7 Å². The molecule has 8 heteroatoms. The number of carbonyl (C=O) groups is 1. The molecule has 2 heterocycles. The molecule has 1 N–H and O–H groups in total. The van der Waals surface area contributed by atoms with Gasteiger partial charge in [0.05, 0.1) is 17.1 Å². The summed E-state index contributed by atoms with van der Waals surface area (Å²) in [7, 11) is -1.17. The minimum Gasteiger partial charge on any atom is -0.352 e. The highest BCUT2D eigenvalue weighted by atomic mass is 32.2. The molecule has 0 aromatic carbocycles. The monoisotopic (exact) mass is 378 g/mol. The zero-order valence-electron chi connectivity index (χ0n) is 15.1. The molecule has 1 aromatic heterocycles. The van der Waals surface area contributed by atoms with Crippen molar-refractivity contribution < 1.29 is 13.2 Å². The Morgan fingerprint density at radius 1 is 1.31 bits per heavy atom. The molecule has 1 atom stereocenters. The Kier molecular flexibility index (Phi) is 5.90. The van der Waals surface area contributed by atoms with Gasteiger partial charge in [0.1, 0.15) is 0 Å². The van der Waals surface area contributed by atoms with E-state index in [1.165, 1.54) is 30.8 Å². The topological polar surface area (TPSA) is 92.3 Å². The first-order valence-corrected chi connectivity index (χ1v) is 11.0. The van der Waals surface area contributed by atoms with Gasteiger partial charge in [-0.1, -0.05) is 11.6 Å². The molecule has 26 heavy (non-hydrogen) atoms. The number of hydrogen-bond donors (Lipinski definition) is 1. The quantitative estimate of drug-likeness (QED) is 0.758. The number of aromatic nitrogens is 2. The van der Waals surface area contributed by atoms with Gasteiger partial charge in [-0.05, 0) is 38.5 Å². The van der Waals surface area contributed by atoms with Crippen molar-refractivity contribution in [3.63, 3.8) is 0 Å². The predicted molar refractivity (Wildman–Crippen MR) is 101 cm³/mol. The average molecular weight is 378 g/mol. The van der Waals surface area contributed by atoms with Crippen LogP contribution in [0.2, 0.25) is 0 Å². The van der Waals surface area contributed by atoms with Crippen LogP contribution in [0.5, 0.6) is 0 Å². The molecule has 0 bridgehead atoms. The Morgan fingerprint density at radius 3 is 2.69 bits per heavy atom. The molecule has 1 aliphatic carbocycles. The second kappa shape index (κ2) is 8.16. The van der Waals surface area contributed by atoms with E-state index in [-0.39, 0.29) is 23.5 Å². The molecular formula is C18H26N4O3S. The van der Waals surface area contributed by atoms with Crippen LogP contribution in [0.3, 0.4) is 0 Å². The van der Waals surface area contributed by atoms with Crippen molar-refractivity contribution in [3.8, 4) is 0 Å². The third-order valence-electron chi connectivity index (χ3n) is 5.09. The molecular weight excluding hydrogens is 352 g/mol. The van der Waals surface area contributed by atoms with E-state index in [2.05, 4.69) is 21.4 Å². The van der Waals surface area contributed by atoms with Crippen LogP contribution in [0.1, 0.15) is 48.9 Å². The number of allylic oxidation sites excluding steroid dienone is 1. The lowest BCUT2D eigenvalue weighted by molar-refractivity contribution is 0.0953. The van der Waals surface area contributed by atoms with Crippen LogP contribution in [0.15, 0.2) is 24.0 Å². The normalized spacial score (nSPS) is 21.9. The Labute approximate surface area is 154 Å². The number of carbonyl (C=O) groups excluding carboxylic acids is 1.